The Kier molecular flexibility index (Phi) is 3.32. The van der Waals surface area contributed by atoms with Crippen LogP contribution in [-0.4, -0.2) is 12.5 Å². The average molecular weight is 270 g/mol. The molecule has 2 heterocycles. The second-order valence-electron chi connectivity index (χ2n) is 5.12. The molecule has 0 radical (unpaired) electrons. The molecule has 4 nitrogen and oxygen atoms in total. The molecule has 4 heteroatoms. The SMILES string of the molecule is CCNC(c1coc(C)c1)c1ccc2c(c1)CC(=O)N2. The summed E-state index contributed by atoms with van der Waals surface area (Å²) in [5, 5.41) is 6.33. The van der Waals surface area contributed by atoms with Crippen molar-refractivity contribution in [2.75, 3.05) is 11.9 Å². The molecule has 0 bridgehead atoms. The number of amides is 1. The molecule has 0 saturated carbocycles. The van der Waals surface area contributed by atoms with Crippen molar-refractivity contribution >= 4 is 11.6 Å². The minimum Gasteiger partial charge on any atom is -0.469 e. The van der Waals surface area contributed by atoms with Gasteiger partial charge in [0, 0.05) is 11.3 Å². The van der Waals surface area contributed by atoms with Crippen molar-refractivity contribution in [3.63, 3.8) is 0 Å². The Morgan fingerprint density at radius 2 is 2.20 bits per heavy atom. The summed E-state index contributed by atoms with van der Waals surface area (Å²) in [4.78, 5) is 11.4. The summed E-state index contributed by atoms with van der Waals surface area (Å²) >= 11 is 0. The molecule has 1 aromatic heterocycles. The predicted octanol–water partition coefficient (Wildman–Crippen LogP) is 2.78. The van der Waals surface area contributed by atoms with Gasteiger partial charge in [0.15, 0.2) is 0 Å². The maximum atomic E-state index is 11.4. The first-order chi connectivity index (χ1) is 9.67. The molecular formula is C16H18N2O2. The highest BCUT2D eigenvalue weighted by atomic mass is 16.3. The van der Waals surface area contributed by atoms with Crippen LogP contribution in [0.4, 0.5) is 5.69 Å². The normalized spacial score (nSPS) is 15.0. The smallest absolute Gasteiger partial charge is 0.228 e. The molecule has 20 heavy (non-hydrogen) atoms. The van der Waals surface area contributed by atoms with Crippen molar-refractivity contribution in [2.45, 2.75) is 26.3 Å². The molecule has 3 rings (SSSR count). The summed E-state index contributed by atoms with van der Waals surface area (Å²) in [6.07, 6.45) is 2.26. The fourth-order valence-corrected chi connectivity index (χ4v) is 2.68. The Bertz CT molecular complexity index is 646. The van der Waals surface area contributed by atoms with Crippen molar-refractivity contribution in [2.24, 2.45) is 0 Å². The second kappa shape index (κ2) is 5.13. The molecule has 0 spiro atoms. The molecule has 1 atom stereocenters. The van der Waals surface area contributed by atoms with E-state index in [2.05, 4.69) is 29.7 Å². The number of carbonyl (C=O) groups excluding carboxylic acids is 1. The third kappa shape index (κ3) is 2.34. The van der Waals surface area contributed by atoms with E-state index in [1.165, 1.54) is 0 Å². The third-order valence-corrected chi connectivity index (χ3v) is 3.58. The van der Waals surface area contributed by atoms with Crippen molar-refractivity contribution in [1.82, 2.24) is 5.32 Å². The molecule has 1 amide bonds. The van der Waals surface area contributed by atoms with Gasteiger partial charge in [-0.3, -0.25) is 4.79 Å². The Balaban J connectivity index is 1.96. The van der Waals surface area contributed by atoms with E-state index in [1.54, 1.807) is 6.26 Å². The van der Waals surface area contributed by atoms with E-state index in [0.29, 0.717) is 6.42 Å². The fourth-order valence-electron chi connectivity index (χ4n) is 2.68. The molecule has 1 aromatic carbocycles. The lowest BCUT2D eigenvalue weighted by Crippen LogP contribution is -2.21. The molecule has 1 aliphatic rings. The highest BCUT2D eigenvalue weighted by Crippen LogP contribution is 2.30. The van der Waals surface area contributed by atoms with E-state index >= 15 is 0 Å². The van der Waals surface area contributed by atoms with E-state index in [9.17, 15) is 4.79 Å². The van der Waals surface area contributed by atoms with Crippen LogP contribution in [0.1, 0.15) is 35.4 Å². The molecule has 0 aliphatic carbocycles. The summed E-state index contributed by atoms with van der Waals surface area (Å²) in [6, 6.07) is 8.28. The van der Waals surface area contributed by atoms with Gasteiger partial charge in [0.2, 0.25) is 5.91 Å². The van der Waals surface area contributed by atoms with Crippen molar-refractivity contribution < 1.29 is 9.21 Å². The number of aryl methyl sites for hydroxylation is 1. The quantitative estimate of drug-likeness (QED) is 0.898. The van der Waals surface area contributed by atoms with Gasteiger partial charge >= 0.3 is 0 Å². The Morgan fingerprint density at radius 3 is 2.90 bits per heavy atom. The number of carbonyl (C=O) groups is 1. The van der Waals surface area contributed by atoms with E-state index < -0.39 is 0 Å². The summed E-state index contributed by atoms with van der Waals surface area (Å²) in [5.74, 6) is 0.970. The lowest BCUT2D eigenvalue weighted by Gasteiger charge is -2.17. The minimum absolute atomic E-state index is 0.0660. The monoisotopic (exact) mass is 270 g/mol. The molecule has 1 unspecified atom stereocenters. The first kappa shape index (κ1) is 12.9. The van der Waals surface area contributed by atoms with E-state index in [0.717, 1.165) is 34.7 Å². The minimum atomic E-state index is 0.0660. The number of hydrogen-bond acceptors (Lipinski definition) is 3. The summed E-state index contributed by atoms with van der Waals surface area (Å²) in [5.41, 5.74) is 4.26. The molecule has 104 valence electrons. The van der Waals surface area contributed by atoms with Crippen LogP contribution in [-0.2, 0) is 11.2 Å². The van der Waals surface area contributed by atoms with Crippen LogP contribution in [0.3, 0.4) is 0 Å². The number of anilines is 1. The van der Waals surface area contributed by atoms with Crippen LogP contribution in [0.5, 0.6) is 0 Å². The second-order valence-corrected chi connectivity index (χ2v) is 5.12. The highest BCUT2D eigenvalue weighted by molar-refractivity contribution is 5.99. The summed E-state index contributed by atoms with van der Waals surface area (Å²) < 4.78 is 5.42. The maximum absolute atomic E-state index is 11.4. The van der Waals surface area contributed by atoms with E-state index in [-0.39, 0.29) is 11.9 Å². The van der Waals surface area contributed by atoms with Gasteiger partial charge < -0.3 is 15.1 Å². The Labute approximate surface area is 118 Å². The number of fused-ring (bicyclic) bond motifs is 1. The zero-order valence-electron chi connectivity index (χ0n) is 11.7. The zero-order chi connectivity index (χ0) is 14.1. The number of furan rings is 1. The molecule has 2 N–H and O–H groups in total. The first-order valence-corrected chi connectivity index (χ1v) is 6.88. The van der Waals surface area contributed by atoms with Crippen molar-refractivity contribution in [1.29, 1.82) is 0 Å². The highest BCUT2D eigenvalue weighted by Gasteiger charge is 2.21. The largest absolute Gasteiger partial charge is 0.469 e. The van der Waals surface area contributed by atoms with Gasteiger partial charge in [0.05, 0.1) is 18.7 Å². The van der Waals surface area contributed by atoms with E-state index in [4.69, 9.17) is 4.42 Å². The fraction of sp³-hybridized carbons (Fsp3) is 0.312. The summed E-state index contributed by atoms with van der Waals surface area (Å²) in [7, 11) is 0. The number of hydrogen-bond donors (Lipinski definition) is 2. The van der Waals surface area contributed by atoms with E-state index in [1.807, 2.05) is 19.1 Å². The third-order valence-electron chi connectivity index (χ3n) is 3.58. The van der Waals surface area contributed by atoms with Gasteiger partial charge in [-0.1, -0.05) is 19.1 Å². The van der Waals surface area contributed by atoms with Crippen LogP contribution in [0, 0.1) is 6.92 Å². The zero-order valence-corrected chi connectivity index (χ0v) is 11.7. The van der Waals surface area contributed by atoms with Gasteiger partial charge in [-0.05, 0) is 36.7 Å². The summed E-state index contributed by atoms with van der Waals surface area (Å²) in [6.45, 7) is 4.89. The standard InChI is InChI=1S/C16H18N2O2/c1-3-17-16(13-6-10(2)20-9-13)11-4-5-14-12(7-11)8-15(19)18-14/h4-7,9,16-17H,3,8H2,1-2H3,(H,18,19). The van der Waals surface area contributed by atoms with Gasteiger partial charge in [0.1, 0.15) is 5.76 Å². The predicted molar refractivity (Wildman–Crippen MR) is 77.7 cm³/mol. The Morgan fingerprint density at radius 1 is 1.35 bits per heavy atom. The lowest BCUT2D eigenvalue weighted by atomic mass is 9.98. The number of benzene rings is 1. The molecule has 2 aromatic rings. The van der Waals surface area contributed by atoms with Crippen LogP contribution in [0.25, 0.3) is 0 Å². The molecule has 1 aliphatic heterocycles. The van der Waals surface area contributed by atoms with Crippen LogP contribution < -0.4 is 10.6 Å². The van der Waals surface area contributed by atoms with Gasteiger partial charge in [-0.2, -0.15) is 0 Å². The average Bonchev–Trinajstić information content (AvgIpc) is 3.00. The van der Waals surface area contributed by atoms with Crippen LogP contribution >= 0.6 is 0 Å². The van der Waals surface area contributed by atoms with Crippen LogP contribution in [0.2, 0.25) is 0 Å². The van der Waals surface area contributed by atoms with Crippen LogP contribution in [0.15, 0.2) is 34.9 Å². The number of rotatable bonds is 4. The number of nitrogens with one attached hydrogen (secondary N) is 2. The van der Waals surface area contributed by atoms with Gasteiger partial charge in [-0.15, -0.1) is 0 Å². The van der Waals surface area contributed by atoms with Gasteiger partial charge in [-0.25, -0.2) is 0 Å². The molecule has 0 saturated heterocycles. The first-order valence-electron chi connectivity index (χ1n) is 6.88. The van der Waals surface area contributed by atoms with Gasteiger partial charge in [0.25, 0.3) is 0 Å². The lowest BCUT2D eigenvalue weighted by molar-refractivity contribution is -0.115. The Hall–Kier alpha value is -2.07. The topological polar surface area (TPSA) is 54.3 Å². The van der Waals surface area contributed by atoms with Crippen molar-refractivity contribution in [3.8, 4) is 0 Å². The maximum Gasteiger partial charge on any atom is 0.228 e. The van der Waals surface area contributed by atoms with Crippen molar-refractivity contribution in [3.05, 3.63) is 53.0 Å². The molecule has 0 fully saturated rings. The molecular weight excluding hydrogens is 252 g/mol.